The fourth-order valence-corrected chi connectivity index (χ4v) is 3.12. The van der Waals surface area contributed by atoms with E-state index in [1.807, 2.05) is 0 Å². The molecule has 98 valence electrons. The van der Waals surface area contributed by atoms with E-state index in [0.29, 0.717) is 6.54 Å². The lowest BCUT2D eigenvalue weighted by Crippen LogP contribution is -2.21. The van der Waals surface area contributed by atoms with Crippen molar-refractivity contribution in [2.24, 2.45) is 0 Å². The number of nitrogens with one attached hydrogen (secondary N) is 1. The summed E-state index contributed by atoms with van der Waals surface area (Å²) in [6, 6.07) is 8.45. The highest BCUT2D eigenvalue weighted by Gasteiger charge is 2.30. The number of thioether (sulfide) groups is 1. The molecule has 2 unspecified atom stereocenters. The van der Waals surface area contributed by atoms with Crippen molar-refractivity contribution in [3.05, 3.63) is 35.4 Å². The SMILES string of the molecule is CC(C)(C)c1ccc(C2NCC(C(=O)O)S2)cc1. The third-order valence-corrected chi connectivity index (χ3v) is 4.55. The average Bonchev–Trinajstić information content (AvgIpc) is 2.77. The van der Waals surface area contributed by atoms with Gasteiger partial charge in [-0.15, -0.1) is 11.8 Å². The molecule has 0 bridgehead atoms. The van der Waals surface area contributed by atoms with Crippen LogP contribution in [0, 0.1) is 0 Å². The summed E-state index contributed by atoms with van der Waals surface area (Å²) in [5.74, 6) is -0.735. The van der Waals surface area contributed by atoms with Crippen molar-refractivity contribution >= 4 is 17.7 Å². The summed E-state index contributed by atoms with van der Waals surface area (Å²) in [4.78, 5) is 10.9. The molecule has 0 aromatic heterocycles. The Hall–Kier alpha value is -1.00. The number of carboxylic acid groups (broad SMARTS) is 1. The first kappa shape index (κ1) is 13.4. The monoisotopic (exact) mass is 265 g/mol. The van der Waals surface area contributed by atoms with E-state index < -0.39 is 5.97 Å². The Bertz CT molecular complexity index is 436. The summed E-state index contributed by atoms with van der Waals surface area (Å²) < 4.78 is 0. The number of hydrogen-bond acceptors (Lipinski definition) is 3. The van der Waals surface area contributed by atoms with Crippen molar-refractivity contribution in [3.8, 4) is 0 Å². The first-order chi connectivity index (χ1) is 8.38. The smallest absolute Gasteiger partial charge is 0.318 e. The lowest BCUT2D eigenvalue weighted by Gasteiger charge is -2.20. The maximum atomic E-state index is 10.9. The molecule has 1 saturated heterocycles. The minimum Gasteiger partial charge on any atom is -0.480 e. The lowest BCUT2D eigenvalue weighted by molar-refractivity contribution is -0.136. The topological polar surface area (TPSA) is 49.3 Å². The highest BCUT2D eigenvalue weighted by molar-refractivity contribution is 8.01. The van der Waals surface area contributed by atoms with Gasteiger partial charge < -0.3 is 5.11 Å². The molecule has 2 atom stereocenters. The van der Waals surface area contributed by atoms with E-state index >= 15 is 0 Å². The van der Waals surface area contributed by atoms with Gasteiger partial charge in [0, 0.05) is 6.54 Å². The zero-order chi connectivity index (χ0) is 13.3. The molecule has 1 aromatic carbocycles. The molecule has 1 aliphatic rings. The zero-order valence-corrected chi connectivity index (χ0v) is 11.8. The molecule has 2 rings (SSSR count). The molecule has 1 aromatic rings. The summed E-state index contributed by atoms with van der Waals surface area (Å²) in [5.41, 5.74) is 2.60. The summed E-state index contributed by atoms with van der Waals surface area (Å²) in [6.07, 6.45) is 0. The van der Waals surface area contributed by atoms with Crippen LogP contribution in [0.15, 0.2) is 24.3 Å². The van der Waals surface area contributed by atoms with Crippen molar-refractivity contribution in [2.45, 2.75) is 36.8 Å². The van der Waals surface area contributed by atoms with Crippen LogP contribution in [0.1, 0.15) is 37.3 Å². The second-order valence-corrected chi connectivity index (χ2v) is 6.94. The fraction of sp³-hybridized carbons (Fsp3) is 0.500. The molecule has 0 spiro atoms. The van der Waals surface area contributed by atoms with Gasteiger partial charge in [-0.3, -0.25) is 10.1 Å². The first-order valence-electron chi connectivity index (χ1n) is 6.10. The molecule has 4 heteroatoms. The quantitative estimate of drug-likeness (QED) is 0.863. The summed E-state index contributed by atoms with van der Waals surface area (Å²) in [6.45, 7) is 7.09. The van der Waals surface area contributed by atoms with Crippen molar-refractivity contribution in [1.29, 1.82) is 0 Å². The number of carbonyl (C=O) groups is 1. The maximum Gasteiger partial charge on any atom is 0.318 e. The molecule has 0 radical (unpaired) electrons. The lowest BCUT2D eigenvalue weighted by atomic mass is 9.87. The summed E-state index contributed by atoms with van der Waals surface area (Å²) >= 11 is 1.47. The van der Waals surface area contributed by atoms with E-state index in [-0.39, 0.29) is 16.0 Å². The van der Waals surface area contributed by atoms with Gasteiger partial charge >= 0.3 is 5.97 Å². The average molecular weight is 265 g/mol. The molecular weight excluding hydrogens is 246 g/mol. The molecule has 0 amide bonds. The Balaban J connectivity index is 2.10. The normalized spacial score (nSPS) is 24.2. The predicted molar refractivity (Wildman–Crippen MR) is 74.9 cm³/mol. The van der Waals surface area contributed by atoms with Gasteiger partial charge in [0.2, 0.25) is 0 Å². The molecule has 0 saturated carbocycles. The van der Waals surface area contributed by atoms with E-state index in [4.69, 9.17) is 5.11 Å². The van der Waals surface area contributed by atoms with Gasteiger partial charge in [0.1, 0.15) is 5.25 Å². The van der Waals surface area contributed by atoms with Crippen LogP contribution in [0.3, 0.4) is 0 Å². The Kier molecular flexibility index (Phi) is 3.69. The predicted octanol–water partition coefficient (Wildman–Crippen LogP) is 2.77. The van der Waals surface area contributed by atoms with Crippen LogP contribution in [0.5, 0.6) is 0 Å². The van der Waals surface area contributed by atoms with Gasteiger partial charge in [0.05, 0.1) is 5.37 Å². The van der Waals surface area contributed by atoms with Crippen molar-refractivity contribution in [2.75, 3.05) is 6.54 Å². The molecule has 3 nitrogen and oxygen atoms in total. The Labute approximate surface area is 112 Å². The Morgan fingerprint density at radius 2 is 1.94 bits per heavy atom. The maximum absolute atomic E-state index is 10.9. The largest absolute Gasteiger partial charge is 0.480 e. The Morgan fingerprint density at radius 3 is 2.39 bits per heavy atom. The number of benzene rings is 1. The summed E-state index contributed by atoms with van der Waals surface area (Å²) in [7, 11) is 0. The molecule has 1 fully saturated rings. The third-order valence-electron chi connectivity index (χ3n) is 3.14. The highest BCUT2D eigenvalue weighted by Crippen LogP contribution is 2.35. The molecule has 0 aliphatic carbocycles. The molecule has 18 heavy (non-hydrogen) atoms. The van der Waals surface area contributed by atoms with Crippen LogP contribution >= 0.6 is 11.8 Å². The van der Waals surface area contributed by atoms with Crippen LogP contribution in [-0.4, -0.2) is 22.9 Å². The van der Waals surface area contributed by atoms with E-state index in [2.05, 4.69) is 50.4 Å². The van der Waals surface area contributed by atoms with Crippen LogP contribution in [0.4, 0.5) is 0 Å². The van der Waals surface area contributed by atoms with Gasteiger partial charge in [0.15, 0.2) is 0 Å². The zero-order valence-electron chi connectivity index (χ0n) is 10.9. The van der Waals surface area contributed by atoms with Gasteiger partial charge in [-0.25, -0.2) is 0 Å². The van der Waals surface area contributed by atoms with Crippen LogP contribution in [0.2, 0.25) is 0 Å². The van der Waals surface area contributed by atoms with Gasteiger partial charge in [-0.1, -0.05) is 45.0 Å². The number of rotatable bonds is 2. The number of hydrogen-bond donors (Lipinski definition) is 2. The van der Waals surface area contributed by atoms with Crippen molar-refractivity contribution < 1.29 is 9.90 Å². The van der Waals surface area contributed by atoms with Crippen LogP contribution < -0.4 is 5.32 Å². The third kappa shape index (κ3) is 2.87. The van der Waals surface area contributed by atoms with E-state index in [1.165, 1.54) is 17.3 Å². The van der Waals surface area contributed by atoms with Gasteiger partial charge in [-0.2, -0.15) is 0 Å². The van der Waals surface area contributed by atoms with Gasteiger partial charge in [-0.05, 0) is 16.5 Å². The van der Waals surface area contributed by atoms with Gasteiger partial charge in [0.25, 0.3) is 0 Å². The van der Waals surface area contributed by atoms with Crippen LogP contribution in [-0.2, 0) is 10.2 Å². The Morgan fingerprint density at radius 1 is 1.33 bits per heavy atom. The second-order valence-electron chi connectivity index (χ2n) is 5.62. The van der Waals surface area contributed by atoms with E-state index in [1.54, 1.807) is 0 Å². The van der Waals surface area contributed by atoms with E-state index in [0.717, 1.165) is 5.56 Å². The minimum atomic E-state index is -0.735. The molecule has 2 N–H and O–H groups in total. The summed E-state index contributed by atoms with van der Waals surface area (Å²) in [5, 5.41) is 12.0. The minimum absolute atomic E-state index is 0.0973. The van der Waals surface area contributed by atoms with Crippen molar-refractivity contribution in [3.63, 3.8) is 0 Å². The fourth-order valence-electron chi connectivity index (χ4n) is 1.97. The first-order valence-corrected chi connectivity index (χ1v) is 7.04. The molecular formula is C14H19NO2S. The van der Waals surface area contributed by atoms with E-state index in [9.17, 15) is 4.79 Å². The molecule has 1 aliphatic heterocycles. The molecule has 1 heterocycles. The second kappa shape index (κ2) is 4.94. The van der Waals surface area contributed by atoms with Crippen molar-refractivity contribution in [1.82, 2.24) is 5.32 Å². The standard InChI is InChI=1S/C14H19NO2S/c1-14(2,3)10-6-4-9(5-7-10)12-15-8-11(18-12)13(16)17/h4-7,11-12,15H,8H2,1-3H3,(H,16,17). The highest BCUT2D eigenvalue weighted by atomic mass is 32.2. The number of carboxylic acids is 1. The van der Waals surface area contributed by atoms with Crippen LogP contribution in [0.25, 0.3) is 0 Å². The number of aliphatic carboxylic acids is 1.